The first-order chi connectivity index (χ1) is 23.9. The van der Waals surface area contributed by atoms with Gasteiger partial charge in [0, 0.05) is 46.8 Å². The Morgan fingerprint density at radius 3 is 2.18 bits per heavy atom. The van der Waals surface area contributed by atoms with Gasteiger partial charge in [-0.1, -0.05) is 85.8 Å². The maximum absolute atomic E-state index is 12.6. The largest absolute Gasteiger partial charge is 0.392 e. The number of rotatable bonds is 11. The van der Waals surface area contributed by atoms with Gasteiger partial charge in [0.15, 0.2) is 6.29 Å². The summed E-state index contributed by atoms with van der Waals surface area (Å²) in [6, 6.07) is 41.4. The molecule has 2 amide bonds. The van der Waals surface area contributed by atoms with E-state index < -0.39 is 6.29 Å². The summed E-state index contributed by atoms with van der Waals surface area (Å²) in [4.78, 5) is 25.1. The molecule has 1 aliphatic heterocycles. The Hall–Kier alpha value is -4.73. The highest BCUT2D eigenvalue weighted by Gasteiger charge is 2.38. The zero-order chi connectivity index (χ0) is 34.2. The molecule has 0 aliphatic carbocycles. The van der Waals surface area contributed by atoms with E-state index in [-0.39, 0.29) is 36.5 Å². The van der Waals surface area contributed by atoms with Gasteiger partial charge in [0.2, 0.25) is 5.91 Å². The van der Waals surface area contributed by atoms with Crippen LogP contribution in [-0.4, -0.2) is 28.8 Å². The molecule has 4 atom stereocenters. The smallest absolute Gasteiger partial charge is 0.251 e. The van der Waals surface area contributed by atoms with E-state index >= 15 is 0 Å². The molecule has 5 aromatic rings. The number of aliphatic hydroxyl groups excluding tert-OH is 1. The van der Waals surface area contributed by atoms with Crippen molar-refractivity contribution in [2.75, 3.05) is 11.1 Å². The molecule has 4 unspecified atom stereocenters. The highest BCUT2D eigenvalue weighted by Crippen LogP contribution is 2.43. The molecular weight excluding hydrogens is 633 g/mol. The predicted molar refractivity (Wildman–Crippen MR) is 194 cm³/mol. The van der Waals surface area contributed by atoms with Gasteiger partial charge in [-0.25, -0.2) is 0 Å². The van der Waals surface area contributed by atoms with Crippen LogP contribution in [0.2, 0.25) is 0 Å². The Morgan fingerprint density at radius 1 is 0.755 bits per heavy atom. The zero-order valence-electron chi connectivity index (χ0n) is 27.5. The van der Waals surface area contributed by atoms with E-state index in [0.717, 1.165) is 44.0 Å². The second-order valence-corrected chi connectivity index (χ2v) is 13.3. The lowest BCUT2D eigenvalue weighted by atomic mass is 9.91. The van der Waals surface area contributed by atoms with Crippen LogP contribution in [0, 0.1) is 5.92 Å². The second kappa shape index (κ2) is 16.1. The third-order valence-electron chi connectivity index (χ3n) is 8.62. The van der Waals surface area contributed by atoms with Crippen molar-refractivity contribution in [2.45, 2.75) is 50.4 Å². The van der Waals surface area contributed by atoms with Crippen molar-refractivity contribution >= 4 is 29.3 Å². The molecule has 49 heavy (non-hydrogen) atoms. The number of amides is 2. The molecule has 6 rings (SSSR count). The van der Waals surface area contributed by atoms with Crippen LogP contribution in [0.3, 0.4) is 0 Å². The van der Waals surface area contributed by atoms with E-state index in [1.807, 2.05) is 91.0 Å². The third-order valence-corrected chi connectivity index (χ3v) is 9.72. The number of nitrogens with one attached hydrogen (secondary N) is 2. The minimum Gasteiger partial charge on any atom is -0.392 e. The summed E-state index contributed by atoms with van der Waals surface area (Å²) in [5, 5.41) is 15.4. The molecule has 0 aromatic heterocycles. The Bertz CT molecular complexity index is 1860. The fourth-order valence-corrected chi connectivity index (χ4v) is 6.99. The van der Waals surface area contributed by atoms with Gasteiger partial charge in [0.05, 0.1) is 18.8 Å². The van der Waals surface area contributed by atoms with Crippen LogP contribution >= 0.6 is 11.8 Å². The molecule has 1 fully saturated rings. The maximum atomic E-state index is 12.6. The van der Waals surface area contributed by atoms with Crippen LogP contribution in [0.15, 0.2) is 132 Å². The van der Waals surface area contributed by atoms with Crippen molar-refractivity contribution in [1.29, 1.82) is 0 Å². The Morgan fingerprint density at radius 2 is 1.47 bits per heavy atom. The molecule has 1 aliphatic rings. The summed E-state index contributed by atoms with van der Waals surface area (Å²) in [7, 11) is 0. The van der Waals surface area contributed by atoms with Crippen LogP contribution in [0.5, 0.6) is 0 Å². The normalized spacial score (nSPS) is 18.8. The van der Waals surface area contributed by atoms with E-state index in [0.29, 0.717) is 17.9 Å². The molecule has 0 spiro atoms. The summed E-state index contributed by atoms with van der Waals surface area (Å²) in [5.41, 5.74) is 7.25. The number of aliphatic hydroxyl groups is 1. The Labute approximate surface area is 291 Å². The van der Waals surface area contributed by atoms with Gasteiger partial charge in [0.1, 0.15) is 0 Å². The van der Waals surface area contributed by atoms with Crippen LogP contribution in [0.25, 0.3) is 11.1 Å². The molecule has 1 saturated heterocycles. The minimum absolute atomic E-state index is 0.0134. The topological polar surface area (TPSA) is 96.9 Å². The van der Waals surface area contributed by atoms with Gasteiger partial charge in [-0.05, 0) is 76.3 Å². The predicted octanol–water partition coefficient (Wildman–Crippen LogP) is 8.32. The summed E-state index contributed by atoms with van der Waals surface area (Å²) in [6.07, 6.45) is -0.944. The van der Waals surface area contributed by atoms with Crippen molar-refractivity contribution in [3.8, 4) is 11.1 Å². The molecule has 0 bridgehead atoms. The molecule has 0 radical (unpaired) electrons. The lowest BCUT2D eigenvalue weighted by Crippen LogP contribution is -2.38. The van der Waals surface area contributed by atoms with Gasteiger partial charge in [0.25, 0.3) is 5.91 Å². The average Bonchev–Trinajstić information content (AvgIpc) is 3.14. The van der Waals surface area contributed by atoms with Gasteiger partial charge in [-0.15, -0.1) is 11.8 Å². The highest BCUT2D eigenvalue weighted by atomic mass is 32.2. The third kappa shape index (κ3) is 8.85. The molecule has 7 nitrogen and oxygen atoms in total. The SMILES string of the molecule is CC(=O)Nc1ccc(SCC2OC(c3cccc(-c4cccc(CNC(=O)c5ccccc5)c4)c3)OC(c3ccc(CO)cc3)C2C)cc1. The number of hydrogen-bond acceptors (Lipinski definition) is 6. The van der Waals surface area contributed by atoms with Gasteiger partial charge in [-0.3, -0.25) is 9.59 Å². The summed E-state index contributed by atoms with van der Waals surface area (Å²) < 4.78 is 13.4. The van der Waals surface area contributed by atoms with Crippen molar-refractivity contribution in [3.05, 3.63) is 155 Å². The number of carbonyl (C=O) groups is 2. The summed E-state index contributed by atoms with van der Waals surface area (Å²) in [6.45, 7) is 4.06. The number of benzene rings is 5. The molecule has 250 valence electrons. The Kier molecular flexibility index (Phi) is 11.2. The van der Waals surface area contributed by atoms with Crippen molar-refractivity contribution < 1.29 is 24.2 Å². The molecule has 1 heterocycles. The first-order valence-corrected chi connectivity index (χ1v) is 17.4. The van der Waals surface area contributed by atoms with Crippen molar-refractivity contribution in [2.24, 2.45) is 5.92 Å². The quantitative estimate of drug-likeness (QED) is 0.122. The fraction of sp³-hybridized carbons (Fsp3) is 0.220. The van der Waals surface area contributed by atoms with Crippen LogP contribution in [0.4, 0.5) is 5.69 Å². The fourth-order valence-electron chi connectivity index (χ4n) is 5.93. The molecule has 0 saturated carbocycles. The standard InChI is InChI=1S/C41H40N2O5S/c1-27-38(26-49-37-20-18-36(19-21-37)43-28(2)45)47-41(48-39(27)31-16-14-29(25-44)15-17-31)35-13-7-12-34(23-35)33-11-6-8-30(22-33)24-42-40(46)32-9-4-3-5-10-32/h3-23,27,38-39,41,44H,24-26H2,1-2H3,(H,42,46)(H,43,45). The van der Waals surface area contributed by atoms with E-state index in [1.165, 1.54) is 6.92 Å². The summed E-state index contributed by atoms with van der Waals surface area (Å²) >= 11 is 1.71. The van der Waals surface area contributed by atoms with Gasteiger partial charge < -0.3 is 25.2 Å². The van der Waals surface area contributed by atoms with E-state index in [2.05, 4.69) is 41.8 Å². The van der Waals surface area contributed by atoms with Gasteiger partial charge in [-0.2, -0.15) is 0 Å². The number of ether oxygens (including phenoxy) is 2. The molecular formula is C41H40N2O5S. The number of hydrogen-bond donors (Lipinski definition) is 3. The lowest BCUT2D eigenvalue weighted by molar-refractivity contribution is -0.268. The first-order valence-electron chi connectivity index (χ1n) is 16.4. The van der Waals surface area contributed by atoms with Crippen LogP contribution in [-0.2, 0) is 27.4 Å². The number of thioether (sulfide) groups is 1. The monoisotopic (exact) mass is 672 g/mol. The van der Waals surface area contributed by atoms with Crippen molar-refractivity contribution in [1.82, 2.24) is 5.32 Å². The maximum Gasteiger partial charge on any atom is 0.251 e. The molecule has 3 N–H and O–H groups in total. The van der Waals surface area contributed by atoms with Crippen LogP contribution in [0.1, 0.15) is 58.9 Å². The second-order valence-electron chi connectivity index (χ2n) is 12.2. The average molecular weight is 673 g/mol. The van der Waals surface area contributed by atoms with Crippen LogP contribution < -0.4 is 10.6 Å². The highest BCUT2D eigenvalue weighted by molar-refractivity contribution is 7.99. The van der Waals surface area contributed by atoms with Crippen molar-refractivity contribution in [3.63, 3.8) is 0 Å². The summed E-state index contributed by atoms with van der Waals surface area (Å²) in [5.74, 6) is 0.554. The zero-order valence-corrected chi connectivity index (χ0v) is 28.4. The lowest BCUT2D eigenvalue weighted by Gasteiger charge is -2.41. The number of carbonyl (C=O) groups excluding carboxylic acids is 2. The first kappa shape index (κ1) is 34.1. The van der Waals surface area contributed by atoms with E-state index in [9.17, 15) is 14.7 Å². The van der Waals surface area contributed by atoms with E-state index in [4.69, 9.17) is 9.47 Å². The molecule has 8 heteroatoms. The van der Waals surface area contributed by atoms with Gasteiger partial charge >= 0.3 is 0 Å². The molecule has 5 aromatic carbocycles. The Balaban J connectivity index is 1.21. The van der Waals surface area contributed by atoms with E-state index in [1.54, 1.807) is 23.9 Å². The number of anilines is 1. The minimum atomic E-state index is -0.597.